The lowest BCUT2D eigenvalue weighted by atomic mass is 10.4. The average molecular weight is 267 g/mol. The van der Waals surface area contributed by atoms with Crippen molar-refractivity contribution in [1.29, 1.82) is 0 Å². The highest BCUT2D eigenvalue weighted by Crippen LogP contribution is 2.27. The lowest BCUT2D eigenvalue weighted by molar-refractivity contribution is -0.132. The number of halogens is 3. The minimum Gasteiger partial charge on any atom is -0.351 e. The molecule has 0 aliphatic carbocycles. The predicted octanol–water partition coefficient (Wildman–Crippen LogP) is 2.56. The van der Waals surface area contributed by atoms with Crippen molar-refractivity contribution >= 4 is 16.5 Å². The number of thiazole rings is 1. The van der Waals surface area contributed by atoms with E-state index in [0.29, 0.717) is 11.7 Å². The molecule has 0 saturated heterocycles. The van der Waals surface area contributed by atoms with Gasteiger partial charge in [0.05, 0.1) is 12.1 Å². The van der Waals surface area contributed by atoms with Crippen LogP contribution in [0.1, 0.15) is 17.0 Å². The van der Waals surface area contributed by atoms with E-state index in [1.54, 1.807) is 11.9 Å². The van der Waals surface area contributed by atoms with E-state index in [-0.39, 0.29) is 6.54 Å². The molecule has 0 atom stereocenters. The van der Waals surface area contributed by atoms with Crippen molar-refractivity contribution in [3.8, 4) is 0 Å². The highest BCUT2D eigenvalue weighted by Gasteiger charge is 2.27. The van der Waals surface area contributed by atoms with Crippen molar-refractivity contribution in [2.75, 3.05) is 25.5 Å². The Hall–Kier alpha value is -0.820. The van der Waals surface area contributed by atoms with Gasteiger partial charge in [0.15, 0.2) is 5.13 Å². The number of hydrogen-bond donors (Lipinski definition) is 1. The van der Waals surface area contributed by atoms with Crippen LogP contribution in [-0.4, -0.2) is 31.8 Å². The molecule has 0 spiro atoms. The topological polar surface area (TPSA) is 28.2 Å². The van der Waals surface area contributed by atoms with Crippen LogP contribution in [0.15, 0.2) is 0 Å². The van der Waals surface area contributed by atoms with Crippen LogP contribution in [0.2, 0.25) is 0 Å². The van der Waals surface area contributed by atoms with Crippen molar-refractivity contribution in [3.63, 3.8) is 0 Å². The van der Waals surface area contributed by atoms with E-state index >= 15 is 0 Å². The molecule has 1 N–H and O–H groups in total. The van der Waals surface area contributed by atoms with Gasteiger partial charge in [0.25, 0.3) is 0 Å². The van der Waals surface area contributed by atoms with E-state index in [9.17, 15) is 13.2 Å². The molecule has 0 saturated carbocycles. The zero-order valence-corrected chi connectivity index (χ0v) is 10.9. The summed E-state index contributed by atoms with van der Waals surface area (Å²) in [6, 6.07) is 0. The molecule has 1 aromatic heterocycles. The number of anilines is 1. The molecule has 0 radical (unpaired) electrons. The Morgan fingerprint density at radius 2 is 2.06 bits per heavy atom. The summed E-state index contributed by atoms with van der Waals surface area (Å²) < 4.78 is 36.2. The van der Waals surface area contributed by atoms with Crippen molar-refractivity contribution in [2.45, 2.75) is 26.1 Å². The third kappa shape index (κ3) is 4.51. The number of nitrogens with zero attached hydrogens (tertiary/aromatic N) is 2. The molecule has 3 nitrogen and oxygen atoms in total. The number of rotatable bonds is 5. The lowest BCUT2D eigenvalue weighted by Gasteiger charge is -2.16. The Labute approximate surface area is 103 Å². The first-order chi connectivity index (χ1) is 7.83. The van der Waals surface area contributed by atoms with Gasteiger partial charge in [-0.1, -0.05) is 0 Å². The maximum atomic E-state index is 12.1. The summed E-state index contributed by atoms with van der Waals surface area (Å²) in [5.74, 6) is 0. The zero-order valence-electron chi connectivity index (χ0n) is 10.1. The van der Waals surface area contributed by atoms with Crippen LogP contribution >= 0.6 is 11.3 Å². The van der Waals surface area contributed by atoms with E-state index in [2.05, 4.69) is 10.3 Å². The summed E-state index contributed by atoms with van der Waals surface area (Å²) in [6.45, 7) is 2.50. The molecule has 0 aromatic carbocycles. The van der Waals surface area contributed by atoms with Gasteiger partial charge < -0.3 is 10.2 Å². The quantitative estimate of drug-likeness (QED) is 0.888. The minimum atomic E-state index is -4.12. The second-order valence-corrected chi connectivity index (χ2v) is 4.88. The summed E-state index contributed by atoms with van der Waals surface area (Å²) in [6.07, 6.45) is -4.93. The first-order valence-electron chi connectivity index (χ1n) is 5.22. The molecule has 1 rings (SSSR count). The Morgan fingerprint density at radius 3 is 2.59 bits per heavy atom. The van der Waals surface area contributed by atoms with Crippen molar-refractivity contribution in [3.05, 3.63) is 10.6 Å². The van der Waals surface area contributed by atoms with Crippen molar-refractivity contribution in [2.24, 2.45) is 0 Å². The lowest BCUT2D eigenvalue weighted by Crippen LogP contribution is -2.23. The van der Waals surface area contributed by atoms with Gasteiger partial charge in [0, 0.05) is 25.0 Å². The van der Waals surface area contributed by atoms with Gasteiger partial charge >= 0.3 is 6.18 Å². The maximum absolute atomic E-state index is 12.1. The molecule has 0 fully saturated rings. The third-order valence-corrected chi connectivity index (χ3v) is 3.55. The SMILES string of the molecule is CNCc1sc(N(C)CCC(F)(F)F)nc1C. The van der Waals surface area contributed by atoms with Crippen LogP contribution in [0.5, 0.6) is 0 Å². The molecule has 0 bridgehead atoms. The van der Waals surface area contributed by atoms with Gasteiger partial charge in [0.2, 0.25) is 0 Å². The summed E-state index contributed by atoms with van der Waals surface area (Å²) >= 11 is 1.43. The van der Waals surface area contributed by atoms with Gasteiger partial charge in [-0.05, 0) is 14.0 Å². The molecular formula is C10H16F3N3S. The number of hydrogen-bond acceptors (Lipinski definition) is 4. The Bertz CT molecular complexity index is 362. The highest BCUT2D eigenvalue weighted by molar-refractivity contribution is 7.15. The third-order valence-electron chi connectivity index (χ3n) is 2.28. The number of alkyl halides is 3. The summed E-state index contributed by atoms with van der Waals surface area (Å²) in [7, 11) is 3.46. The first-order valence-corrected chi connectivity index (χ1v) is 6.04. The van der Waals surface area contributed by atoms with E-state index in [4.69, 9.17) is 0 Å². The largest absolute Gasteiger partial charge is 0.390 e. The van der Waals surface area contributed by atoms with Gasteiger partial charge in [-0.2, -0.15) is 13.2 Å². The molecule has 7 heteroatoms. The molecule has 1 heterocycles. The summed E-state index contributed by atoms with van der Waals surface area (Å²) in [5, 5.41) is 3.64. The Morgan fingerprint density at radius 1 is 1.41 bits per heavy atom. The van der Waals surface area contributed by atoms with Crippen LogP contribution in [-0.2, 0) is 6.54 Å². The molecule has 1 aromatic rings. The van der Waals surface area contributed by atoms with Gasteiger partial charge in [-0.3, -0.25) is 0 Å². The number of aromatic nitrogens is 1. The fourth-order valence-electron chi connectivity index (χ4n) is 1.29. The minimum absolute atomic E-state index is 0.0601. The second-order valence-electron chi connectivity index (χ2n) is 3.82. The molecule has 0 unspecified atom stereocenters. The average Bonchev–Trinajstić information content (AvgIpc) is 2.57. The Balaban J connectivity index is 2.63. The van der Waals surface area contributed by atoms with Crippen LogP contribution in [0.3, 0.4) is 0 Å². The van der Waals surface area contributed by atoms with Gasteiger partial charge in [0.1, 0.15) is 0 Å². The number of nitrogens with one attached hydrogen (secondary N) is 1. The summed E-state index contributed by atoms with van der Waals surface area (Å²) in [4.78, 5) is 6.87. The van der Waals surface area contributed by atoms with Gasteiger partial charge in [-0.25, -0.2) is 4.98 Å². The van der Waals surface area contributed by atoms with E-state index in [0.717, 1.165) is 10.6 Å². The van der Waals surface area contributed by atoms with E-state index in [1.807, 2.05) is 14.0 Å². The van der Waals surface area contributed by atoms with Crippen LogP contribution in [0.25, 0.3) is 0 Å². The van der Waals surface area contributed by atoms with E-state index < -0.39 is 12.6 Å². The molecule has 0 aliphatic heterocycles. The molecule has 17 heavy (non-hydrogen) atoms. The van der Waals surface area contributed by atoms with Crippen LogP contribution in [0.4, 0.5) is 18.3 Å². The van der Waals surface area contributed by atoms with E-state index in [1.165, 1.54) is 11.3 Å². The molecule has 98 valence electrons. The van der Waals surface area contributed by atoms with Crippen molar-refractivity contribution < 1.29 is 13.2 Å². The standard InChI is InChI=1S/C10H16F3N3S/c1-7-8(6-14-2)17-9(15-7)16(3)5-4-10(11,12)13/h14H,4-6H2,1-3H3. The monoisotopic (exact) mass is 267 g/mol. The van der Waals surface area contributed by atoms with Gasteiger partial charge in [-0.15, -0.1) is 11.3 Å². The smallest absolute Gasteiger partial charge is 0.351 e. The first kappa shape index (κ1) is 14.2. The normalized spacial score (nSPS) is 11.9. The molecular weight excluding hydrogens is 251 g/mol. The summed E-state index contributed by atoms with van der Waals surface area (Å²) in [5.41, 5.74) is 0.873. The molecule has 0 aliphatic rings. The van der Waals surface area contributed by atoms with Crippen LogP contribution in [0, 0.1) is 6.92 Å². The Kier molecular flexibility index (Phi) is 4.76. The maximum Gasteiger partial charge on any atom is 0.390 e. The predicted molar refractivity (Wildman–Crippen MR) is 63.6 cm³/mol. The van der Waals surface area contributed by atoms with Crippen molar-refractivity contribution in [1.82, 2.24) is 10.3 Å². The highest BCUT2D eigenvalue weighted by atomic mass is 32.1. The second kappa shape index (κ2) is 5.68. The van der Waals surface area contributed by atoms with Crippen LogP contribution < -0.4 is 10.2 Å². The zero-order chi connectivity index (χ0) is 13.1. The fraction of sp³-hybridized carbons (Fsp3) is 0.700. The number of aryl methyl sites for hydroxylation is 1. The molecule has 0 amide bonds. The fourth-order valence-corrected chi connectivity index (χ4v) is 2.35.